The molecule has 2 rings (SSSR count). The highest BCUT2D eigenvalue weighted by Gasteiger charge is 2.07. The van der Waals surface area contributed by atoms with Crippen LogP contribution in [-0.2, 0) is 6.54 Å². The van der Waals surface area contributed by atoms with Gasteiger partial charge in [-0.15, -0.1) is 22.7 Å². The predicted octanol–water partition coefficient (Wildman–Crippen LogP) is 2.30. The van der Waals surface area contributed by atoms with Crippen molar-refractivity contribution in [2.75, 3.05) is 6.54 Å². The molecule has 0 aliphatic rings. The van der Waals surface area contributed by atoms with Gasteiger partial charge in [0, 0.05) is 22.8 Å². The minimum Gasteiger partial charge on any atom is -0.322 e. The molecule has 0 amide bonds. The van der Waals surface area contributed by atoms with Gasteiger partial charge in [-0.25, -0.2) is 4.98 Å². The zero-order valence-corrected chi connectivity index (χ0v) is 10.8. The van der Waals surface area contributed by atoms with Gasteiger partial charge in [0.15, 0.2) is 0 Å². The van der Waals surface area contributed by atoms with E-state index < -0.39 is 0 Å². The van der Waals surface area contributed by atoms with E-state index >= 15 is 0 Å². The number of rotatable bonds is 5. The Hall–Kier alpha value is -0.750. The number of thiophene rings is 1. The molecule has 0 radical (unpaired) electrons. The fourth-order valence-electron chi connectivity index (χ4n) is 1.44. The zero-order valence-electron chi connectivity index (χ0n) is 9.14. The van der Waals surface area contributed by atoms with Gasteiger partial charge in [-0.3, -0.25) is 0 Å². The number of nitrogens with one attached hydrogen (secondary N) is 1. The van der Waals surface area contributed by atoms with E-state index in [4.69, 9.17) is 5.73 Å². The highest BCUT2D eigenvalue weighted by Crippen LogP contribution is 2.16. The molecule has 16 heavy (non-hydrogen) atoms. The first-order valence-corrected chi connectivity index (χ1v) is 6.92. The Bertz CT molecular complexity index is 422. The summed E-state index contributed by atoms with van der Waals surface area (Å²) in [5.74, 6) is 0. The first-order valence-electron chi connectivity index (χ1n) is 5.16. The average Bonchev–Trinajstić information content (AvgIpc) is 2.90. The Kier molecular flexibility index (Phi) is 4.06. The van der Waals surface area contributed by atoms with Gasteiger partial charge in [0.05, 0.1) is 17.2 Å². The van der Waals surface area contributed by atoms with Crippen LogP contribution in [-0.4, -0.2) is 11.5 Å². The molecule has 2 heterocycles. The van der Waals surface area contributed by atoms with E-state index in [2.05, 4.69) is 21.7 Å². The fraction of sp³-hybridized carbons (Fsp3) is 0.364. The number of nitrogens with zero attached hydrogens (tertiary/aromatic N) is 1. The maximum absolute atomic E-state index is 6.05. The SMILES string of the molecule is Cc1ncsc1CNCC(N)c1cccs1. The third-order valence-corrected chi connectivity index (χ3v) is 4.34. The molecule has 0 saturated carbocycles. The largest absolute Gasteiger partial charge is 0.322 e. The van der Waals surface area contributed by atoms with Crippen LogP contribution >= 0.6 is 22.7 Å². The summed E-state index contributed by atoms with van der Waals surface area (Å²) in [5, 5.41) is 5.43. The number of nitrogens with two attached hydrogens (primary N) is 1. The first kappa shape index (κ1) is 11.7. The monoisotopic (exact) mass is 253 g/mol. The molecule has 0 aromatic carbocycles. The average molecular weight is 253 g/mol. The van der Waals surface area contributed by atoms with Crippen molar-refractivity contribution in [1.82, 2.24) is 10.3 Å². The Morgan fingerprint density at radius 1 is 1.50 bits per heavy atom. The molecule has 1 atom stereocenters. The highest BCUT2D eigenvalue weighted by atomic mass is 32.1. The van der Waals surface area contributed by atoms with Gasteiger partial charge < -0.3 is 11.1 Å². The van der Waals surface area contributed by atoms with Crippen LogP contribution in [0.2, 0.25) is 0 Å². The Balaban J connectivity index is 1.78. The summed E-state index contributed by atoms with van der Waals surface area (Å²) in [6.45, 7) is 3.69. The van der Waals surface area contributed by atoms with Crippen LogP contribution in [0.25, 0.3) is 0 Å². The van der Waals surface area contributed by atoms with Crippen LogP contribution in [0.4, 0.5) is 0 Å². The third-order valence-electron chi connectivity index (χ3n) is 2.40. The molecule has 1 unspecified atom stereocenters. The number of hydrogen-bond acceptors (Lipinski definition) is 5. The van der Waals surface area contributed by atoms with E-state index in [1.165, 1.54) is 9.75 Å². The lowest BCUT2D eigenvalue weighted by atomic mass is 10.2. The second-order valence-electron chi connectivity index (χ2n) is 3.61. The van der Waals surface area contributed by atoms with Gasteiger partial charge in [-0.1, -0.05) is 6.07 Å². The van der Waals surface area contributed by atoms with Crippen LogP contribution in [0.15, 0.2) is 23.0 Å². The van der Waals surface area contributed by atoms with Crippen LogP contribution in [0.5, 0.6) is 0 Å². The van der Waals surface area contributed by atoms with Crippen molar-refractivity contribution in [3.63, 3.8) is 0 Å². The van der Waals surface area contributed by atoms with Crippen molar-refractivity contribution in [3.8, 4) is 0 Å². The molecular weight excluding hydrogens is 238 g/mol. The number of thiazole rings is 1. The lowest BCUT2D eigenvalue weighted by Gasteiger charge is -2.10. The van der Waals surface area contributed by atoms with E-state index in [9.17, 15) is 0 Å². The van der Waals surface area contributed by atoms with Gasteiger partial charge in [-0.2, -0.15) is 0 Å². The Morgan fingerprint density at radius 3 is 3.00 bits per heavy atom. The molecule has 0 saturated heterocycles. The maximum Gasteiger partial charge on any atom is 0.0798 e. The van der Waals surface area contributed by atoms with Crippen LogP contribution in [0.3, 0.4) is 0 Å². The van der Waals surface area contributed by atoms with E-state index in [-0.39, 0.29) is 6.04 Å². The van der Waals surface area contributed by atoms with Gasteiger partial charge in [-0.05, 0) is 18.4 Å². The van der Waals surface area contributed by atoms with Crippen molar-refractivity contribution in [1.29, 1.82) is 0 Å². The lowest BCUT2D eigenvalue weighted by Crippen LogP contribution is -2.25. The first-order chi connectivity index (χ1) is 7.77. The normalized spacial score (nSPS) is 12.9. The van der Waals surface area contributed by atoms with E-state index in [1.54, 1.807) is 22.7 Å². The minimum absolute atomic E-state index is 0.0910. The molecule has 0 bridgehead atoms. The van der Waals surface area contributed by atoms with Crippen molar-refractivity contribution in [2.24, 2.45) is 5.73 Å². The van der Waals surface area contributed by atoms with Crippen LogP contribution in [0, 0.1) is 6.92 Å². The summed E-state index contributed by atoms with van der Waals surface area (Å²) >= 11 is 3.39. The Morgan fingerprint density at radius 2 is 2.38 bits per heavy atom. The number of aromatic nitrogens is 1. The quantitative estimate of drug-likeness (QED) is 0.859. The topological polar surface area (TPSA) is 50.9 Å². The van der Waals surface area contributed by atoms with E-state index in [0.717, 1.165) is 18.8 Å². The minimum atomic E-state index is 0.0910. The smallest absolute Gasteiger partial charge is 0.0798 e. The molecule has 0 fully saturated rings. The van der Waals surface area contributed by atoms with Gasteiger partial charge >= 0.3 is 0 Å². The van der Waals surface area contributed by atoms with E-state index in [1.807, 2.05) is 18.5 Å². The molecule has 0 aliphatic carbocycles. The van der Waals surface area contributed by atoms with Crippen LogP contribution in [0.1, 0.15) is 21.5 Å². The van der Waals surface area contributed by atoms with Crippen LogP contribution < -0.4 is 11.1 Å². The zero-order chi connectivity index (χ0) is 11.4. The summed E-state index contributed by atoms with van der Waals surface area (Å²) in [6.07, 6.45) is 0. The summed E-state index contributed by atoms with van der Waals surface area (Å²) < 4.78 is 0. The predicted molar refractivity (Wildman–Crippen MR) is 69.8 cm³/mol. The number of aryl methyl sites for hydroxylation is 1. The summed E-state index contributed by atoms with van der Waals surface area (Å²) in [5.41, 5.74) is 9.05. The highest BCUT2D eigenvalue weighted by molar-refractivity contribution is 7.10. The fourth-order valence-corrected chi connectivity index (χ4v) is 2.92. The van der Waals surface area contributed by atoms with Crippen molar-refractivity contribution >= 4 is 22.7 Å². The van der Waals surface area contributed by atoms with Gasteiger partial charge in [0.2, 0.25) is 0 Å². The second kappa shape index (κ2) is 5.54. The molecule has 3 N–H and O–H groups in total. The molecule has 5 heteroatoms. The molecule has 2 aromatic rings. The molecule has 0 spiro atoms. The van der Waals surface area contributed by atoms with Gasteiger partial charge in [0.1, 0.15) is 0 Å². The molecule has 2 aromatic heterocycles. The summed E-state index contributed by atoms with van der Waals surface area (Å²) in [4.78, 5) is 6.73. The second-order valence-corrected chi connectivity index (χ2v) is 5.53. The van der Waals surface area contributed by atoms with Crippen molar-refractivity contribution < 1.29 is 0 Å². The lowest BCUT2D eigenvalue weighted by molar-refractivity contribution is 0.606. The van der Waals surface area contributed by atoms with Crippen molar-refractivity contribution in [2.45, 2.75) is 19.5 Å². The Labute approximate surface area is 103 Å². The summed E-state index contributed by atoms with van der Waals surface area (Å²) in [7, 11) is 0. The molecular formula is C11H15N3S2. The number of hydrogen-bond donors (Lipinski definition) is 2. The third kappa shape index (κ3) is 2.89. The molecule has 86 valence electrons. The maximum atomic E-state index is 6.05. The van der Waals surface area contributed by atoms with E-state index in [0.29, 0.717) is 0 Å². The van der Waals surface area contributed by atoms with Gasteiger partial charge in [0.25, 0.3) is 0 Å². The molecule has 0 aliphatic heterocycles. The van der Waals surface area contributed by atoms with Crippen molar-refractivity contribution in [3.05, 3.63) is 38.5 Å². The molecule has 3 nitrogen and oxygen atoms in total. The summed E-state index contributed by atoms with van der Waals surface area (Å²) in [6, 6.07) is 4.20. The standard InChI is InChI=1S/C11H15N3S2/c1-8-11(16-7-14-8)6-13-5-9(12)10-3-2-4-15-10/h2-4,7,9,13H,5-6,12H2,1H3.